The summed E-state index contributed by atoms with van der Waals surface area (Å²) in [6.45, 7) is 1.15. The maximum absolute atomic E-state index is 3.54. The van der Waals surface area contributed by atoms with Crippen LogP contribution in [0.3, 0.4) is 0 Å². The molecule has 1 aliphatic carbocycles. The van der Waals surface area contributed by atoms with Gasteiger partial charge in [-0.05, 0) is 41.8 Å². The molecule has 2 aliphatic rings. The van der Waals surface area contributed by atoms with E-state index < -0.39 is 0 Å². The molecule has 60 valence electrons. The van der Waals surface area contributed by atoms with Crippen molar-refractivity contribution in [3.05, 3.63) is 21.8 Å². The van der Waals surface area contributed by atoms with Gasteiger partial charge in [0, 0.05) is 12.2 Å². The molecule has 0 saturated heterocycles. The molecule has 1 aliphatic heterocycles. The smallest absolute Gasteiger partial charge is 0.0340 e. The molecule has 0 unspecified atom stereocenters. The highest BCUT2D eigenvalue weighted by Crippen LogP contribution is 2.30. The van der Waals surface area contributed by atoms with Crippen LogP contribution >= 0.6 is 15.9 Å². The largest absolute Gasteiger partial charge is 0.385 e. The minimum Gasteiger partial charge on any atom is -0.385 e. The summed E-state index contributed by atoms with van der Waals surface area (Å²) in [6, 6.07) is 0. The van der Waals surface area contributed by atoms with Gasteiger partial charge in [-0.2, -0.15) is 0 Å². The summed E-state index contributed by atoms with van der Waals surface area (Å²) in [5.74, 6) is 0. The zero-order chi connectivity index (χ0) is 7.68. The Labute approximate surface area is 75.7 Å². The fraction of sp³-hybridized carbons (Fsp3) is 0.556. The predicted octanol–water partition coefficient (Wildman–Crippen LogP) is 2.70. The van der Waals surface area contributed by atoms with E-state index in [1.54, 1.807) is 5.57 Å². The average Bonchev–Trinajstić information content (AvgIpc) is 2.04. The van der Waals surface area contributed by atoms with Crippen LogP contribution in [0.4, 0.5) is 0 Å². The van der Waals surface area contributed by atoms with Gasteiger partial charge in [0.2, 0.25) is 0 Å². The van der Waals surface area contributed by atoms with Gasteiger partial charge in [0.1, 0.15) is 0 Å². The van der Waals surface area contributed by atoms with Crippen LogP contribution in [0.1, 0.15) is 25.7 Å². The normalized spacial score (nSPS) is 23.9. The second kappa shape index (κ2) is 3.02. The van der Waals surface area contributed by atoms with Gasteiger partial charge in [-0.15, -0.1) is 0 Å². The monoisotopic (exact) mass is 213 g/mol. The Kier molecular flexibility index (Phi) is 2.03. The molecule has 0 aromatic carbocycles. The molecule has 0 spiro atoms. The van der Waals surface area contributed by atoms with E-state index in [1.807, 2.05) is 0 Å². The summed E-state index contributed by atoms with van der Waals surface area (Å²) in [7, 11) is 0. The van der Waals surface area contributed by atoms with E-state index in [0.717, 1.165) is 6.54 Å². The first-order valence-electron chi connectivity index (χ1n) is 4.18. The van der Waals surface area contributed by atoms with Crippen molar-refractivity contribution >= 4 is 15.9 Å². The number of hydrogen-bond acceptors (Lipinski definition) is 1. The Morgan fingerprint density at radius 1 is 1.27 bits per heavy atom. The highest BCUT2D eigenvalue weighted by atomic mass is 79.9. The van der Waals surface area contributed by atoms with Crippen LogP contribution < -0.4 is 5.32 Å². The first kappa shape index (κ1) is 7.41. The average molecular weight is 214 g/mol. The lowest BCUT2D eigenvalue weighted by atomic mass is 9.95. The van der Waals surface area contributed by atoms with Crippen LogP contribution in [0.15, 0.2) is 21.8 Å². The highest BCUT2D eigenvalue weighted by Gasteiger charge is 2.14. The van der Waals surface area contributed by atoms with E-state index >= 15 is 0 Å². The molecule has 1 heterocycles. The van der Waals surface area contributed by atoms with Gasteiger partial charge in [-0.25, -0.2) is 0 Å². The molecule has 11 heavy (non-hydrogen) atoms. The third kappa shape index (κ3) is 1.51. The van der Waals surface area contributed by atoms with Crippen molar-refractivity contribution in [2.45, 2.75) is 25.7 Å². The van der Waals surface area contributed by atoms with Crippen molar-refractivity contribution in [2.24, 2.45) is 0 Å². The van der Waals surface area contributed by atoms with Gasteiger partial charge in [-0.1, -0.05) is 15.9 Å². The molecule has 2 heteroatoms. The first-order valence-corrected chi connectivity index (χ1v) is 4.97. The fourth-order valence-electron chi connectivity index (χ4n) is 1.70. The third-order valence-corrected chi connectivity index (χ3v) is 2.94. The zero-order valence-corrected chi connectivity index (χ0v) is 8.08. The summed E-state index contributed by atoms with van der Waals surface area (Å²) in [5, 5.41) is 3.42. The second-order valence-electron chi connectivity index (χ2n) is 3.14. The first-order chi connectivity index (χ1) is 5.36. The maximum atomic E-state index is 3.54. The van der Waals surface area contributed by atoms with Gasteiger partial charge in [-0.3, -0.25) is 0 Å². The SMILES string of the molecule is BrC1=CC2=C(CCCN2)CC1. The molecule has 0 aromatic heterocycles. The van der Waals surface area contributed by atoms with Crippen LogP contribution in [-0.4, -0.2) is 6.54 Å². The highest BCUT2D eigenvalue weighted by molar-refractivity contribution is 9.11. The number of rotatable bonds is 0. The fourth-order valence-corrected chi connectivity index (χ4v) is 2.12. The number of allylic oxidation sites excluding steroid dienone is 3. The van der Waals surface area contributed by atoms with E-state index in [-0.39, 0.29) is 0 Å². The molecule has 0 fully saturated rings. The molecule has 1 N–H and O–H groups in total. The molecule has 0 amide bonds. The van der Waals surface area contributed by atoms with Crippen LogP contribution in [0, 0.1) is 0 Å². The maximum Gasteiger partial charge on any atom is 0.0340 e. The topological polar surface area (TPSA) is 12.0 Å². The summed E-state index contributed by atoms with van der Waals surface area (Å²) >= 11 is 3.54. The lowest BCUT2D eigenvalue weighted by Crippen LogP contribution is -2.22. The van der Waals surface area contributed by atoms with E-state index in [9.17, 15) is 0 Å². The van der Waals surface area contributed by atoms with Crippen molar-refractivity contribution in [3.63, 3.8) is 0 Å². The third-order valence-electron chi connectivity index (χ3n) is 2.32. The van der Waals surface area contributed by atoms with Crippen molar-refractivity contribution in [2.75, 3.05) is 6.54 Å². The van der Waals surface area contributed by atoms with Crippen LogP contribution in [0.2, 0.25) is 0 Å². The van der Waals surface area contributed by atoms with E-state index in [4.69, 9.17) is 0 Å². The molecule has 0 saturated carbocycles. The standard InChI is InChI=1S/C9H12BrN/c10-8-4-3-7-2-1-5-11-9(7)6-8/h6,11H,1-5H2. The summed E-state index contributed by atoms with van der Waals surface area (Å²) in [4.78, 5) is 0. The van der Waals surface area contributed by atoms with Crippen molar-refractivity contribution in [1.29, 1.82) is 0 Å². The van der Waals surface area contributed by atoms with E-state index in [2.05, 4.69) is 27.3 Å². The lowest BCUT2D eigenvalue weighted by Gasteiger charge is -2.23. The minimum absolute atomic E-state index is 1.15. The molecular formula is C9H12BrN. The Bertz CT molecular complexity index is 228. The summed E-state index contributed by atoms with van der Waals surface area (Å²) in [5.41, 5.74) is 3.01. The second-order valence-corrected chi connectivity index (χ2v) is 4.16. The molecule has 0 atom stereocenters. The van der Waals surface area contributed by atoms with Gasteiger partial charge in [0.15, 0.2) is 0 Å². The van der Waals surface area contributed by atoms with Crippen molar-refractivity contribution in [3.8, 4) is 0 Å². The Morgan fingerprint density at radius 2 is 2.18 bits per heavy atom. The molecule has 0 bridgehead atoms. The van der Waals surface area contributed by atoms with Gasteiger partial charge in [0.25, 0.3) is 0 Å². The lowest BCUT2D eigenvalue weighted by molar-refractivity contribution is 0.641. The minimum atomic E-state index is 1.15. The number of halogens is 1. The Balaban J connectivity index is 2.25. The van der Waals surface area contributed by atoms with Crippen LogP contribution in [0.25, 0.3) is 0 Å². The molecular weight excluding hydrogens is 202 g/mol. The van der Waals surface area contributed by atoms with Crippen molar-refractivity contribution in [1.82, 2.24) is 5.32 Å². The van der Waals surface area contributed by atoms with Crippen LogP contribution in [-0.2, 0) is 0 Å². The number of nitrogens with one attached hydrogen (secondary N) is 1. The summed E-state index contributed by atoms with van der Waals surface area (Å²) < 4.78 is 1.34. The molecule has 1 nitrogen and oxygen atoms in total. The number of hydrogen-bond donors (Lipinski definition) is 1. The quantitative estimate of drug-likeness (QED) is 0.653. The molecule has 0 radical (unpaired) electrons. The molecule has 0 aromatic rings. The Morgan fingerprint density at radius 3 is 3.09 bits per heavy atom. The zero-order valence-electron chi connectivity index (χ0n) is 6.49. The van der Waals surface area contributed by atoms with E-state index in [0.29, 0.717) is 0 Å². The summed E-state index contributed by atoms with van der Waals surface area (Å²) in [6.07, 6.45) is 7.29. The van der Waals surface area contributed by atoms with Gasteiger partial charge >= 0.3 is 0 Å². The van der Waals surface area contributed by atoms with Gasteiger partial charge < -0.3 is 5.32 Å². The predicted molar refractivity (Wildman–Crippen MR) is 50.5 cm³/mol. The van der Waals surface area contributed by atoms with Crippen molar-refractivity contribution < 1.29 is 0 Å². The Hall–Kier alpha value is -0.240. The van der Waals surface area contributed by atoms with Crippen LogP contribution in [0.5, 0.6) is 0 Å². The van der Waals surface area contributed by atoms with Gasteiger partial charge in [0.05, 0.1) is 0 Å². The van der Waals surface area contributed by atoms with E-state index in [1.165, 1.54) is 35.9 Å². The molecule has 2 rings (SSSR count).